The highest BCUT2D eigenvalue weighted by molar-refractivity contribution is 7.11. The molecule has 104 valence electrons. The van der Waals surface area contributed by atoms with Crippen molar-refractivity contribution in [2.75, 3.05) is 13.2 Å². The molecule has 0 aliphatic carbocycles. The van der Waals surface area contributed by atoms with Crippen molar-refractivity contribution >= 4 is 40.4 Å². The monoisotopic (exact) mass is 327 g/mol. The Labute approximate surface area is 130 Å². The van der Waals surface area contributed by atoms with Crippen LogP contribution in [0.15, 0.2) is 29.6 Å². The summed E-state index contributed by atoms with van der Waals surface area (Å²) in [7, 11) is 0. The summed E-state index contributed by atoms with van der Waals surface area (Å²) in [5.74, 6) is 0.449. The van der Waals surface area contributed by atoms with Gasteiger partial charge < -0.3 is 10.1 Å². The second-order valence-electron chi connectivity index (χ2n) is 4.36. The number of amides is 1. The van der Waals surface area contributed by atoms with Gasteiger partial charge in [0.25, 0.3) is 5.91 Å². The molecule has 0 fully saturated rings. The number of halogens is 2. The highest BCUT2D eigenvalue weighted by Crippen LogP contribution is 2.38. The smallest absolute Gasteiger partial charge is 0.255 e. The van der Waals surface area contributed by atoms with Crippen LogP contribution in [0.1, 0.15) is 26.2 Å². The van der Waals surface area contributed by atoms with Gasteiger partial charge in [-0.15, -0.1) is 22.9 Å². The zero-order chi connectivity index (χ0) is 14.1. The van der Waals surface area contributed by atoms with Crippen molar-refractivity contribution in [2.45, 2.75) is 5.38 Å². The first-order chi connectivity index (χ1) is 9.66. The molecule has 1 unspecified atom stereocenters. The summed E-state index contributed by atoms with van der Waals surface area (Å²) >= 11 is 14.1. The maximum absolute atomic E-state index is 12.0. The van der Waals surface area contributed by atoms with Crippen LogP contribution in [0.25, 0.3) is 0 Å². The number of rotatable bonds is 2. The van der Waals surface area contributed by atoms with Gasteiger partial charge in [0.05, 0.1) is 22.5 Å². The van der Waals surface area contributed by atoms with Crippen LogP contribution in [0, 0.1) is 0 Å². The average molecular weight is 328 g/mol. The minimum Gasteiger partial charge on any atom is -0.491 e. The highest BCUT2D eigenvalue weighted by atomic mass is 35.5. The second kappa shape index (κ2) is 5.64. The van der Waals surface area contributed by atoms with Crippen molar-refractivity contribution < 1.29 is 9.53 Å². The topological polar surface area (TPSA) is 38.3 Å². The van der Waals surface area contributed by atoms with E-state index in [1.807, 2.05) is 17.5 Å². The molecule has 1 aromatic carbocycles. The number of thiophene rings is 1. The lowest BCUT2D eigenvalue weighted by Gasteiger charge is -2.12. The Hall–Kier alpha value is -1.23. The number of fused-ring (bicyclic) bond motifs is 1. The summed E-state index contributed by atoms with van der Waals surface area (Å²) in [4.78, 5) is 12.9. The zero-order valence-corrected chi connectivity index (χ0v) is 12.7. The Balaban J connectivity index is 2.00. The van der Waals surface area contributed by atoms with E-state index >= 15 is 0 Å². The van der Waals surface area contributed by atoms with E-state index in [1.54, 1.807) is 12.1 Å². The van der Waals surface area contributed by atoms with Crippen LogP contribution in [0.3, 0.4) is 0 Å². The number of hydrogen-bond donors (Lipinski definition) is 1. The van der Waals surface area contributed by atoms with E-state index in [-0.39, 0.29) is 11.3 Å². The summed E-state index contributed by atoms with van der Waals surface area (Å²) in [6.07, 6.45) is 0. The van der Waals surface area contributed by atoms with Crippen LogP contribution in [-0.2, 0) is 0 Å². The van der Waals surface area contributed by atoms with Gasteiger partial charge in [0.1, 0.15) is 12.4 Å². The molecular weight excluding hydrogens is 317 g/mol. The average Bonchev–Trinajstić information content (AvgIpc) is 2.79. The van der Waals surface area contributed by atoms with Crippen molar-refractivity contribution in [3.63, 3.8) is 0 Å². The van der Waals surface area contributed by atoms with Crippen molar-refractivity contribution in [2.24, 2.45) is 0 Å². The molecule has 0 saturated heterocycles. The number of ether oxygens (including phenoxy) is 1. The Morgan fingerprint density at radius 1 is 1.35 bits per heavy atom. The predicted molar refractivity (Wildman–Crippen MR) is 81.3 cm³/mol. The van der Waals surface area contributed by atoms with Crippen LogP contribution in [0.4, 0.5) is 0 Å². The molecule has 3 nitrogen and oxygen atoms in total. The molecule has 2 aromatic rings. The molecule has 1 aliphatic heterocycles. The molecule has 0 radical (unpaired) electrons. The Bertz CT molecular complexity index is 656. The first-order valence-corrected chi connectivity index (χ1v) is 7.78. The fraction of sp³-hybridized carbons (Fsp3) is 0.214. The number of alkyl halides is 1. The van der Waals surface area contributed by atoms with Gasteiger partial charge in [-0.25, -0.2) is 0 Å². The molecule has 3 rings (SSSR count). The molecule has 0 spiro atoms. The zero-order valence-electron chi connectivity index (χ0n) is 10.4. The van der Waals surface area contributed by atoms with E-state index in [1.165, 1.54) is 11.3 Å². The van der Waals surface area contributed by atoms with Gasteiger partial charge in [0.2, 0.25) is 0 Å². The van der Waals surface area contributed by atoms with Gasteiger partial charge in [-0.3, -0.25) is 4.79 Å². The lowest BCUT2D eigenvalue weighted by Crippen LogP contribution is -2.24. The molecule has 0 saturated carbocycles. The third kappa shape index (κ3) is 2.51. The van der Waals surface area contributed by atoms with Crippen molar-refractivity contribution in [1.29, 1.82) is 0 Å². The third-order valence-electron chi connectivity index (χ3n) is 3.06. The van der Waals surface area contributed by atoms with Gasteiger partial charge >= 0.3 is 0 Å². The van der Waals surface area contributed by atoms with E-state index in [0.717, 1.165) is 10.4 Å². The molecule has 1 amide bonds. The normalized spacial score (nSPS) is 15.8. The summed E-state index contributed by atoms with van der Waals surface area (Å²) in [6, 6.07) is 7.23. The number of hydrogen-bond acceptors (Lipinski definition) is 3. The molecule has 1 aromatic heterocycles. The van der Waals surface area contributed by atoms with Crippen molar-refractivity contribution in [3.05, 3.63) is 50.7 Å². The summed E-state index contributed by atoms with van der Waals surface area (Å²) in [6.45, 7) is 0.975. The molecule has 6 heteroatoms. The molecule has 1 N–H and O–H groups in total. The standard InChI is InChI=1S/C14H11Cl2NO2S/c15-10-3-6-20-13(10)12(16)8-1-2-11-9(7-8)14(18)17-4-5-19-11/h1-3,6-7,12H,4-5H2,(H,17,18). The fourth-order valence-electron chi connectivity index (χ4n) is 2.07. The Kier molecular flexibility index (Phi) is 3.87. The van der Waals surface area contributed by atoms with Crippen LogP contribution >= 0.6 is 34.5 Å². The lowest BCUT2D eigenvalue weighted by atomic mass is 10.1. The summed E-state index contributed by atoms with van der Waals surface area (Å²) in [5.41, 5.74) is 1.34. The van der Waals surface area contributed by atoms with Gasteiger partial charge in [-0.2, -0.15) is 0 Å². The van der Waals surface area contributed by atoms with Gasteiger partial charge in [0.15, 0.2) is 0 Å². The van der Waals surface area contributed by atoms with Crippen LogP contribution in [0.2, 0.25) is 5.02 Å². The van der Waals surface area contributed by atoms with E-state index in [4.69, 9.17) is 27.9 Å². The molecule has 1 atom stereocenters. The maximum atomic E-state index is 12.0. The van der Waals surface area contributed by atoms with E-state index in [0.29, 0.717) is 29.5 Å². The second-order valence-corrected chi connectivity index (χ2v) is 6.15. The molecule has 1 aliphatic rings. The largest absolute Gasteiger partial charge is 0.491 e. The minimum atomic E-state index is -0.371. The van der Waals surface area contributed by atoms with E-state index in [9.17, 15) is 4.79 Å². The van der Waals surface area contributed by atoms with Gasteiger partial charge in [0, 0.05) is 4.88 Å². The number of nitrogens with one attached hydrogen (secondary N) is 1. The fourth-order valence-corrected chi connectivity index (χ4v) is 3.70. The number of benzene rings is 1. The van der Waals surface area contributed by atoms with Gasteiger partial charge in [-0.1, -0.05) is 17.7 Å². The summed E-state index contributed by atoms with van der Waals surface area (Å²) in [5, 5.41) is 4.95. The molecule has 0 bridgehead atoms. The Morgan fingerprint density at radius 3 is 2.95 bits per heavy atom. The number of carbonyl (C=O) groups is 1. The molecular formula is C14H11Cl2NO2S. The maximum Gasteiger partial charge on any atom is 0.255 e. The summed E-state index contributed by atoms with van der Waals surface area (Å²) < 4.78 is 5.52. The van der Waals surface area contributed by atoms with E-state index < -0.39 is 0 Å². The Morgan fingerprint density at radius 2 is 2.20 bits per heavy atom. The lowest BCUT2D eigenvalue weighted by molar-refractivity contribution is 0.0957. The minimum absolute atomic E-state index is 0.138. The van der Waals surface area contributed by atoms with Gasteiger partial charge in [-0.05, 0) is 29.1 Å². The van der Waals surface area contributed by atoms with Crippen LogP contribution in [0.5, 0.6) is 5.75 Å². The quantitative estimate of drug-likeness (QED) is 0.851. The van der Waals surface area contributed by atoms with Crippen molar-refractivity contribution in [1.82, 2.24) is 5.32 Å². The third-order valence-corrected chi connectivity index (χ3v) is 5.08. The number of carbonyl (C=O) groups excluding carboxylic acids is 1. The first kappa shape index (κ1) is 13.7. The van der Waals surface area contributed by atoms with Crippen molar-refractivity contribution in [3.8, 4) is 5.75 Å². The highest BCUT2D eigenvalue weighted by Gasteiger charge is 2.21. The molecule has 20 heavy (non-hydrogen) atoms. The SMILES string of the molecule is O=C1NCCOc2ccc(C(Cl)c3sccc3Cl)cc21. The molecule has 2 heterocycles. The van der Waals surface area contributed by atoms with Crippen LogP contribution < -0.4 is 10.1 Å². The van der Waals surface area contributed by atoms with Crippen LogP contribution in [-0.4, -0.2) is 19.1 Å². The first-order valence-electron chi connectivity index (χ1n) is 6.08. The predicted octanol–water partition coefficient (Wildman–Crippen LogP) is 3.85. The van der Waals surface area contributed by atoms with E-state index in [2.05, 4.69) is 5.32 Å².